The zero-order chi connectivity index (χ0) is 20.2. The molecule has 0 aliphatic carbocycles. The molecule has 3 rings (SSSR count). The van der Waals surface area contributed by atoms with Gasteiger partial charge in [0.05, 0.1) is 19.6 Å². The lowest BCUT2D eigenvalue weighted by molar-refractivity contribution is -0.170. The molecule has 4 atom stereocenters. The lowest BCUT2D eigenvalue weighted by atomic mass is 9.73. The Morgan fingerprint density at radius 3 is 2.48 bits per heavy atom. The SMILES string of the molecule is COC(=O)[C@]12[C@@H](C)O[C@H](C(C)(C)C)N1C(=O)C[C@]2(O)Cc1ccc(Br)cc1. The highest BCUT2D eigenvalue weighted by atomic mass is 79.9. The first kappa shape index (κ1) is 20.3. The van der Waals surface area contributed by atoms with Crippen LogP contribution in [0.3, 0.4) is 0 Å². The van der Waals surface area contributed by atoms with E-state index >= 15 is 0 Å². The highest BCUT2D eigenvalue weighted by molar-refractivity contribution is 9.10. The summed E-state index contributed by atoms with van der Waals surface area (Å²) in [5.41, 5.74) is -2.82. The first-order valence-corrected chi connectivity index (χ1v) is 9.79. The fourth-order valence-electron chi connectivity index (χ4n) is 4.47. The monoisotopic (exact) mass is 439 g/mol. The average Bonchev–Trinajstić information content (AvgIpc) is 3.02. The van der Waals surface area contributed by atoms with Crippen LogP contribution in [0.4, 0.5) is 0 Å². The molecule has 1 amide bonds. The van der Waals surface area contributed by atoms with E-state index in [1.165, 1.54) is 12.0 Å². The van der Waals surface area contributed by atoms with E-state index in [1.54, 1.807) is 6.92 Å². The molecule has 148 valence electrons. The molecule has 2 fully saturated rings. The molecule has 0 radical (unpaired) electrons. The van der Waals surface area contributed by atoms with Crippen LogP contribution in [0.15, 0.2) is 28.7 Å². The number of halogens is 1. The number of esters is 1. The maximum Gasteiger partial charge on any atom is 0.337 e. The number of fused-ring (bicyclic) bond motifs is 1. The van der Waals surface area contributed by atoms with Crippen LogP contribution in [0.25, 0.3) is 0 Å². The molecule has 6 nitrogen and oxygen atoms in total. The maximum atomic E-state index is 13.0. The summed E-state index contributed by atoms with van der Waals surface area (Å²) in [6.45, 7) is 7.55. The molecule has 7 heteroatoms. The third-order valence-corrected chi connectivity index (χ3v) is 6.13. The van der Waals surface area contributed by atoms with E-state index in [2.05, 4.69) is 15.9 Å². The summed E-state index contributed by atoms with van der Waals surface area (Å²) in [7, 11) is 1.27. The van der Waals surface area contributed by atoms with Crippen molar-refractivity contribution >= 4 is 27.8 Å². The van der Waals surface area contributed by atoms with Crippen molar-refractivity contribution in [3.63, 3.8) is 0 Å². The number of nitrogens with zero attached hydrogens (tertiary/aromatic N) is 1. The number of amides is 1. The number of carbonyl (C=O) groups is 2. The number of rotatable bonds is 3. The van der Waals surface area contributed by atoms with E-state index in [9.17, 15) is 14.7 Å². The van der Waals surface area contributed by atoms with Gasteiger partial charge in [-0.2, -0.15) is 0 Å². The Morgan fingerprint density at radius 1 is 1.37 bits per heavy atom. The third-order valence-electron chi connectivity index (χ3n) is 5.60. The van der Waals surface area contributed by atoms with E-state index in [0.29, 0.717) is 0 Å². The fourth-order valence-corrected chi connectivity index (χ4v) is 4.74. The minimum atomic E-state index is -1.63. The van der Waals surface area contributed by atoms with Gasteiger partial charge in [-0.15, -0.1) is 0 Å². The van der Waals surface area contributed by atoms with E-state index in [-0.39, 0.29) is 18.7 Å². The van der Waals surface area contributed by atoms with Crippen LogP contribution in [0.5, 0.6) is 0 Å². The Kier molecular flexibility index (Phi) is 4.94. The summed E-state index contributed by atoms with van der Waals surface area (Å²) >= 11 is 3.39. The van der Waals surface area contributed by atoms with Crippen LogP contribution in [0.2, 0.25) is 0 Å². The summed E-state index contributed by atoms with van der Waals surface area (Å²) in [6.07, 6.45) is -1.35. The van der Waals surface area contributed by atoms with Gasteiger partial charge in [0, 0.05) is 16.3 Å². The van der Waals surface area contributed by atoms with Crippen LogP contribution in [-0.4, -0.2) is 52.5 Å². The molecule has 2 aliphatic heterocycles. The minimum absolute atomic E-state index is 0.141. The number of aliphatic hydroxyl groups is 1. The van der Waals surface area contributed by atoms with Gasteiger partial charge in [-0.3, -0.25) is 9.69 Å². The molecule has 0 bridgehead atoms. The van der Waals surface area contributed by atoms with Gasteiger partial charge in [-0.25, -0.2) is 4.79 Å². The van der Waals surface area contributed by atoms with Crippen molar-refractivity contribution in [2.75, 3.05) is 7.11 Å². The molecule has 1 aromatic carbocycles. The molecule has 1 N–H and O–H groups in total. The summed E-state index contributed by atoms with van der Waals surface area (Å²) < 4.78 is 12.1. The molecule has 2 aliphatic rings. The van der Waals surface area contributed by atoms with Gasteiger partial charge < -0.3 is 14.6 Å². The van der Waals surface area contributed by atoms with Gasteiger partial charge in [0.1, 0.15) is 11.8 Å². The second-order valence-electron chi connectivity index (χ2n) is 8.53. The number of benzene rings is 1. The molecule has 2 saturated heterocycles. The van der Waals surface area contributed by atoms with E-state index in [0.717, 1.165) is 10.0 Å². The quantitative estimate of drug-likeness (QED) is 0.732. The summed E-state index contributed by atoms with van der Waals surface area (Å²) in [4.78, 5) is 27.5. The summed E-state index contributed by atoms with van der Waals surface area (Å²) in [6, 6.07) is 7.46. The molecule has 27 heavy (non-hydrogen) atoms. The van der Waals surface area contributed by atoms with Gasteiger partial charge in [0.2, 0.25) is 5.91 Å². The number of hydrogen-bond donors (Lipinski definition) is 1. The normalized spacial score (nSPS) is 33.3. The van der Waals surface area contributed by atoms with Crippen LogP contribution in [0, 0.1) is 5.41 Å². The molecular formula is C20H26BrNO5. The highest BCUT2D eigenvalue weighted by Crippen LogP contribution is 2.53. The molecule has 0 aromatic heterocycles. The number of ether oxygens (including phenoxy) is 2. The van der Waals surface area contributed by atoms with Crippen molar-refractivity contribution in [2.45, 2.75) is 64.0 Å². The standard InChI is InChI=1S/C20H26BrNO5/c1-12-20(17(24)26-5)19(25,10-13-6-8-14(21)9-7-13)11-15(23)22(20)16(27-12)18(2,3)4/h6-9,12,16,25H,10-11H2,1-5H3/t12-,16-,19-,20+/m1/s1. The molecule has 0 spiro atoms. The fraction of sp³-hybridized carbons (Fsp3) is 0.600. The predicted molar refractivity (Wildman–Crippen MR) is 103 cm³/mol. The van der Waals surface area contributed by atoms with Crippen molar-refractivity contribution in [1.29, 1.82) is 0 Å². The van der Waals surface area contributed by atoms with Crippen LogP contribution < -0.4 is 0 Å². The molecule has 2 heterocycles. The molecule has 0 saturated carbocycles. The van der Waals surface area contributed by atoms with E-state index in [1.807, 2.05) is 45.0 Å². The average molecular weight is 440 g/mol. The van der Waals surface area contributed by atoms with Crippen LogP contribution in [-0.2, 0) is 25.5 Å². The van der Waals surface area contributed by atoms with Crippen molar-refractivity contribution in [1.82, 2.24) is 4.90 Å². The van der Waals surface area contributed by atoms with Gasteiger partial charge in [0.25, 0.3) is 0 Å². The van der Waals surface area contributed by atoms with Gasteiger partial charge in [0.15, 0.2) is 5.54 Å². The topological polar surface area (TPSA) is 76.1 Å². The lowest BCUT2D eigenvalue weighted by Crippen LogP contribution is -2.67. The van der Waals surface area contributed by atoms with E-state index in [4.69, 9.17) is 9.47 Å². The van der Waals surface area contributed by atoms with Gasteiger partial charge in [-0.05, 0) is 24.6 Å². The van der Waals surface area contributed by atoms with Crippen molar-refractivity contribution in [2.24, 2.45) is 5.41 Å². The Bertz CT molecular complexity index is 759. The number of carbonyl (C=O) groups excluding carboxylic acids is 2. The van der Waals surface area contributed by atoms with E-state index < -0.39 is 34.9 Å². The second kappa shape index (κ2) is 6.57. The lowest BCUT2D eigenvalue weighted by Gasteiger charge is -2.42. The molecular weight excluding hydrogens is 414 g/mol. The Hall–Kier alpha value is -1.44. The van der Waals surface area contributed by atoms with Crippen LogP contribution in [0.1, 0.15) is 39.7 Å². The first-order chi connectivity index (χ1) is 12.5. The minimum Gasteiger partial charge on any atom is -0.467 e. The highest BCUT2D eigenvalue weighted by Gasteiger charge is 2.76. The van der Waals surface area contributed by atoms with Crippen molar-refractivity contribution < 1.29 is 24.2 Å². The number of hydrogen-bond acceptors (Lipinski definition) is 5. The van der Waals surface area contributed by atoms with Crippen LogP contribution >= 0.6 is 15.9 Å². The summed E-state index contributed by atoms with van der Waals surface area (Å²) in [5, 5.41) is 11.7. The first-order valence-electron chi connectivity index (χ1n) is 9.00. The zero-order valence-electron chi connectivity index (χ0n) is 16.3. The third kappa shape index (κ3) is 2.91. The van der Waals surface area contributed by atoms with Crippen molar-refractivity contribution in [3.05, 3.63) is 34.3 Å². The Morgan fingerprint density at radius 2 is 1.96 bits per heavy atom. The number of methoxy groups -OCH3 is 1. The Balaban J connectivity index is 2.13. The molecule has 0 unspecified atom stereocenters. The second-order valence-corrected chi connectivity index (χ2v) is 9.45. The zero-order valence-corrected chi connectivity index (χ0v) is 17.9. The Labute approximate surface area is 168 Å². The predicted octanol–water partition coefficient (Wildman–Crippen LogP) is 2.66. The molecule has 1 aromatic rings. The smallest absolute Gasteiger partial charge is 0.337 e. The largest absolute Gasteiger partial charge is 0.467 e. The van der Waals surface area contributed by atoms with Gasteiger partial charge >= 0.3 is 5.97 Å². The summed E-state index contributed by atoms with van der Waals surface area (Å²) in [5.74, 6) is -0.948. The van der Waals surface area contributed by atoms with Gasteiger partial charge in [-0.1, -0.05) is 48.8 Å². The maximum absolute atomic E-state index is 13.0. The van der Waals surface area contributed by atoms with Crippen molar-refractivity contribution in [3.8, 4) is 0 Å².